The van der Waals surface area contributed by atoms with Gasteiger partial charge in [-0.25, -0.2) is 19.8 Å². The summed E-state index contributed by atoms with van der Waals surface area (Å²) in [6, 6.07) is 8.22. The van der Waals surface area contributed by atoms with E-state index in [-0.39, 0.29) is 29.7 Å². The highest BCUT2D eigenvalue weighted by atomic mass is 16.7. The predicted octanol–water partition coefficient (Wildman–Crippen LogP) is 1.26. The highest BCUT2D eigenvalue weighted by Crippen LogP contribution is 2.21. The van der Waals surface area contributed by atoms with Crippen molar-refractivity contribution in [3.05, 3.63) is 39.9 Å². The van der Waals surface area contributed by atoms with Crippen LogP contribution in [0.2, 0.25) is 0 Å². The molecule has 10 heteroatoms. The van der Waals surface area contributed by atoms with Gasteiger partial charge in [-0.3, -0.25) is 0 Å². The largest absolute Gasteiger partial charge is 0.422 e. The summed E-state index contributed by atoms with van der Waals surface area (Å²) in [7, 11) is 0. The Labute approximate surface area is 149 Å². The number of hydrogen-bond donors (Lipinski definition) is 0. The molecule has 26 heavy (non-hydrogen) atoms. The van der Waals surface area contributed by atoms with E-state index in [1.54, 1.807) is 17.0 Å². The van der Waals surface area contributed by atoms with Crippen molar-refractivity contribution < 1.29 is 19.3 Å². The molecule has 136 valence electrons. The molecule has 10 nitrogen and oxygen atoms in total. The smallest absolute Gasteiger partial charge is 0.408 e. The summed E-state index contributed by atoms with van der Waals surface area (Å²) in [6.07, 6.45) is 0.0564. The Morgan fingerprint density at radius 1 is 1.46 bits per heavy atom. The van der Waals surface area contributed by atoms with Crippen molar-refractivity contribution in [1.82, 2.24) is 9.80 Å². The molecule has 1 unspecified atom stereocenters. The summed E-state index contributed by atoms with van der Waals surface area (Å²) in [5.41, 5.74) is 0.202. The summed E-state index contributed by atoms with van der Waals surface area (Å²) in [4.78, 5) is 26.2. The maximum atomic E-state index is 12.5. The first-order valence-electron chi connectivity index (χ1n) is 8.12. The number of para-hydroxylation sites is 1. The van der Waals surface area contributed by atoms with E-state index in [0.717, 1.165) is 11.3 Å². The van der Waals surface area contributed by atoms with Crippen LogP contribution in [0.25, 0.3) is 0 Å². The fourth-order valence-electron chi connectivity index (χ4n) is 2.96. The van der Waals surface area contributed by atoms with Gasteiger partial charge in [-0.15, -0.1) is 0 Å². The van der Waals surface area contributed by atoms with E-state index in [1.807, 2.05) is 6.07 Å². The topological polar surface area (TPSA) is 121 Å². The minimum absolute atomic E-state index is 0.0543. The number of nitriles is 1. The molecule has 2 saturated heterocycles. The Balaban J connectivity index is 1.76. The molecule has 1 aromatic carbocycles. The molecule has 1 aromatic rings. The number of benzene rings is 1. The lowest BCUT2D eigenvalue weighted by Gasteiger charge is -2.21. The van der Waals surface area contributed by atoms with E-state index in [4.69, 9.17) is 14.7 Å². The quantitative estimate of drug-likeness (QED) is 0.586. The molecule has 0 bridgehead atoms. The van der Waals surface area contributed by atoms with E-state index < -0.39 is 11.1 Å². The zero-order valence-corrected chi connectivity index (χ0v) is 13.9. The lowest BCUT2D eigenvalue weighted by atomic mass is 10.1. The molecule has 0 saturated carbocycles. The minimum Gasteiger partial charge on any atom is -0.408 e. The molecule has 2 heterocycles. The number of nitrogens with zero attached hydrogens (tertiary/aromatic N) is 5. The van der Waals surface area contributed by atoms with E-state index in [1.165, 1.54) is 12.1 Å². The van der Waals surface area contributed by atoms with Crippen LogP contribution in [-0.4, -0.2) is 59.7 Å². The van der Waals surface area contributed by atoms with Gasteiger partial charge in [0.25, 0.3) is 5.96 Å². The van der Waals surface area contributed by atoms with Crippen LogP contribution < -0.4 is 4.74 Å². The van der Waals surface area contributed by atoms with Crippen LogP contribution >= 0.6 is 0 Å². The molecule has 0 aromatic heterocycles. The van der Waals surface area contributed by atoms with Crippen molar-refractivity contribution >= 4 is 12.1 Å². The fraction of sp³-hybridized carbons (Fsp3) is 0.438. The monoisotopic (exact) mass is 359 g/mol. The first-order chi connectivity index (χ1) is 12.6. The molecular formula is C16H17N5O5. The van der Waals surface area contributed by atoms with Gasteiger partial charge in [-0.2, -0.15) is 5.26 Å². The van der Waals surface area contributed by atoms with Gasteiger partial charge >= 0.3 is 6.09 Å². The summed E-state index contributed by atoms with van der Waals surface area (Å²) < 4.78 is 10.6. The summed E-state index contributed by atoms with van der Waals surface area (Å²) >= 11 is 0. The van der Waals surface area contributed by atoms with Gasteiger partial charge in [0.15, 0.2) is 10.8 Å². The Kier molecular flexibility index (Phi) is 5.28. The maximum absolute atomic E-state index is 12.5. The van der Waals surface area contributed by atoms with Gasteiger partial charge in [0.2, 0.25) is 0 Å². The van der Waals surface area contributed by atoms with Crippen LogP contribution in [0.4, 0.5) is 4.79 Å². The van der Waals surface area contributed by atoms with Crippen molar-refractivity contribution in [3.8, 4) is 11.8 Å². The molecular weight excluding hydrogens is 342 g/mol. The van der Waals surface area contributed by atoms with Gasteiger partial charge in [-0.1, -0.05) is 12.1 Å². The third kappa shape index (κ3) is 3.89. The number of amides is 1. The summed E-state index contributed by atoms with van der Waals surface area (Å²) in [5, 5.41) is 22.5. The van der Waals surface area contributed by atoms with Crippen LogP contribution in [0.1, 0.15) is 12.0 Å². The third-order valence-electron chi connectivity index (χ3n) is 4.22. The van der Waals surface area contributed by atoms with Crippen molar-refractivity contribution in [1.29, 1.82) is 5.26 Å². The molecule has 0 N–H and O–H groups in total. The highest BCUT2D eigenvalue weighted by molar-refractivity contribution is 5.96. The highest BCUT2D eigenvalue weighted by Gasteiger charge is 2.37. The Morgan fingerprint density at radius 3 is 2.96 bits per heavy atom. The second kappa shape index (κ2) is 7.79. The second-order valence-electron chi connectivity index (χ2n) is 5.94. The first kappa shape index (κ1) is 17.6. The number of carbonyl (C=O) groups excluding carboxylic acids is 1. The van der Waals surface area contributed by atoms with E-state index in [9.17, 15) is 14.9 Å². The number of hydrazone groups is 1. The summed E-state index contributed by atoms with van der Waals surface area (Å²) in [5.74, 6) is 0.284. The minimum atomic E-state index is -0.831. The van der Waals surface area contributed by atoms with E-state index in [0.29, 0.717) is 26.3 Å². The zero-order valence-electron chi connectivity index (χ0n) is 13.9. The van der Waals surface area contributed by atoms with Crippen LogP contribution in [-0.2, 0) is 4.74 Å². The van der Waals surface area contributed by atoms with Crippen LogP contribution in [0.5, 0.6) is 5.75 Å². The molecule has 2 aliphatic heterocycles. The standard InChI is InChI=1S/C16H17N5O5/c17-9-13-3-1-2-4-14(13)26-16(22)20-7-6-19(15(20)18-21(23)24)10-12-5-8-25-11-12/h1-4,12H,5-8,10-11H2. The van der Waals surface area contributed by atoms with Gasteiger partial charge < -0.3 is 14.4 Å². The number of rotatable bonds is 4. The second-order valence-corrected chi connectivity index (χ2v) is 5.94. The van der Waals surface area contributed by atoms with Crippen LogP contribution in [0, 0.1) is 27.4 Å². The number of carbonyl (C=O) groups is 1. The molecule has 0 spiro atoms. The lowest BCUT2D eigenvalue weighted by molar-refractivity contribution is -0.486. The average Bonchev–Trinajstić information content (AvgIpc) is 3.26. The predicted molar refractivity (Wildman–Crippen MR) is 88.8 cm³/mol. The fourth-order valence-corrected chi connectivity index (χ4v) is 2.96. The number of hydrogen-bond acceptors (Lipinski definition) is 6. The van der Waals surface area contributed by atoms with E-state index in [2.05, 4.69) is 5.10 Å². The van der Waals surface area contributed by atoms with Gasteiger partial charge in [0.1, 0.15) is 11.2 Å². The molecule has 2 aliphatic rings. The van der Waals surface area contributed by atoms with Crippen molar-refractivity contribution in [3.63, 3.8) is 0 Å². The molecule has 1 atom stereocenters. The lowest BCUT2D eigenvalue weighted by Crippen LogP contribution is -2.41. The third-order valence-corrected chi connectivity index (χ3v) is 4.22. The Morgan fingerprint density at radius 2 is 2.27 bits per heavy atom. The maximum Gasteiger partial charge on any atom is 0.422 e. The average molecular weight is 359 g/mol. The van der Waals surface area contributed by atoms with Crippen molar-refractivity contribution in [2.24, 2.45) is 11.0 Å². The molecule has 1 amide bonds. The summed E-state index contributed by atoms with van der Waals surface area (Å²) in [6.45, 7) is 2.40. The van der Waals surface area contributed by atoms with Gasteiger partial charge in [-0.05, 0) is 18.6 Å². The number of nitro groups is 1. The van der Waals surface area contributed by atoms with E-state index >= 15 is 0 Å². The molecule has 2 fully saturated rings. The zero-order chi connectivity index (χ0) is 18.5. The van der Waals surface area contributed by atoms with Gasteiger partial charge in [0, 0.05) is 25.6 Å². The Hall–Kier alpha value is -3.19. The number of guanidine groups is 1. The number of ether oxygens (including phenoxy) is 2. The molecule has 3 rings (SSSR count). The van der Waals surface area contributed by atoms with Crippen molar-refractivity contribution in [2.75, 3.05) is 32.8 Å². The van der Waals surface area contributed by atoms with Crippen LogP contribution in [0.15, 0.2) is 29.4 Å². The van der Waals surface area contributed by atoms with Crippen molar-refractivity contribution in [2.45, 2.75) is 6.42 Å². The first-order valence-corrected chi connectivity index (χ1v) is 8.12. The molecule has 0 aliphatic carbocycles. The Bertz CT molecular complexity index is 769. The normalized spacial score (nSPS) is 21.0. The SMILES string of the molecule is N#Cc1ccccc1OC(=O)N1CCN(CC2CCOC2)C1=N[N+](=O)[O-]. The van der Waals surface area contributed by atoms with Gasteiger partial charge in [0.05, 0.1) is 18.7 Å². The van der Waals surface area contributed by atoms with Crippen LogP contribution in [0.3, 0.4) is 0 Å². The molecule has 0 radical (unpaired) electrons.